The molecule has 1 fully saturated rings. The van der Waals surface area contributed by atoms with Crippen molar-refractivity contribution in [3.8, 4) is 11.5 Å². The first-order valence-corrected chi connectivity index (χ1v) is 7.71. The maximum Gasteiger partial charge on any atom is 0.151 e. The number of aliphatic hydroxyl groups is 1. The molecule has 2 aromatic carbocycles. The Morgan fingerprint density at radius 1 is 1.04 bits per heavy atom. The van der Waals surface area contributed by atoms with Gasteiger partial charge in [0.25, 0.3) is 0 Å². The van der Waals surface area contributed by atoms with Crippen molar-refractivity contribution in [1.82, 2.24) is 0 Å². The maximum absolute atomic E-state index is 13.2. The Labute approximate surface area is 135 Å². The van der Waals surface area contributed by atoms with E-state index in [-0.39, 0.29) is 11.9 Å². The predicted octanol–water partition coefficient (Wildman–Crippen LogP) is 3.86. The molecule has 4 rings (SSSR count). The van der Waals surface area contributed by atoms with Crippen molar-refractivity contribution in [2.24, 2.45) is 0 Å². The van der Waals surface area contributed by atoms with Crippen molar-refractivity contribution in [2.45, 2.75) is 18.9 Å². The van der Waals surface area contributed by atoms with Gasteiger partial charge >= 0.3 is 0 Å². The molecule has 0 saturated carbocycles. The van der Waals surface area contributed by atoms with Crippen molar-refractivity contribution in [3.05, 3.63) is 48.3 Å². The molecule has 0 aliphatic carbocycles. The average Bonchev–Trinajstić information content (AvgIpc) is 2.57. The molecule has 1 N–H and O–H groups in total. The van der Waals surface area contributed by atoms with Crippen LogP contribution in [0.1, 0.15) is 12.8 Å². The third-order valence-electron chi connectivity index (χ3n) is 3.92. The number of ether oxygens (including phenoxy) is 2. The molecule has 0 atom stereocenters. The van der Waals surface area contributed by atoms with Crippen LogP contribution >= 0.6 is 0 Å². The minimum absolute atomic E-state index is 0.0891. The summed E-state index contributed by atoms with van der Waals surface area (Å²) in [6.45, 7) is 1.47. The van der Waals surface area contributed by atoms with E-state index in [2.05, 4.69) is 0 Å². The number of anilines is 2. The van der Waals surface area contributed by atoms with Crippen molar-refractivity contribution in [3.63, 3.8) is 0 Å². The third kappa shape index (κ3) is 3.63. The van der Waals surface area contributed by atoms with Crippen molar-refractivity contribution in [1.29, 1.82) is 0 Å². The van der Waals surface area contributed by atoms with Gasteiger partial charge in [0.2, 0.25) is 0 Å². The van der Waals surface area contributed by atoms with Crippen LogP contribution in [0.4, 0.5) is 15.8 Å². The van der Waals surface area contributed by atoms with E-state index in [0.29, 0.717) is 5.75 Å². The van der Waals surface area contributed by atoms with E-state index in [1.807, 2.05) is 36.2 Å². The molecular weight excluding hydrogens is 297 g/mol. The van der Waals surface area contributed by atoms with Gasteiger partial charge in [-0.2, -0.15) is 0 Å². The standard InChI is InChI=1S/C13H10FNO.C5H10O2/c1-15-10-4-2-3-5-12(10)16-13-7-6-9(14)8-11(13)15;6-5-1-3-7-4-2-5/h2-8H,1H3;5-6H,1-4H2. The van der Waals surface area contributed by atoms with Gasteiger partial charge < -0.3 is 19.5 Å². The van der Waals surface area contributed by atoms with Crippen LogP contribution in [0.25, 0.3) is 0 Å². The van der Waals surface area contributed by atoms with Gasteiger partial charge in [0.1, 0.15) is 5.82 Å². The first-order valence-electron chi connectivity index (χ1n) is 7.71. The molecule has 1 saturated heterocycles. The highest BCUT2D eigenvalue weighted by Crippen LogP contribution is 2.45. The summed E-state index contributed by atoms with van der Waals surface area (Å²) in [7, 11) is 1.90. The fraction of sp³-hybridized carbons (Fsp3) is 0.333. The number of benzene rings is 2. The molecule has 2 aliphatic heterocycles. The van der Waals surface area contributed by atoms with E-state index < -0.39 is 0 Å². The Kier molecular flexibility index (Phi) is 4.79. The Balaban J connectivity index is 0.000000188. The number of hydrogen-bond acceptors (Lipinski definition) is 4. The maximum atomic E-state index is 13.2. The Hall–Kier alpha value is -2.11. The SMILES string of the molecule is CN1c2ccccc2Oc2ccc(F)cc21.OC1CCOCC1. The lowest BCUT2D eigenvalue weighted by Gasteiger charge is -2.29. The second kappa shape index (κ2) is 6.98. The minimum Gasteiger partial charge on any atom is -0.453 e. The first-order chi connectivity index (χ1) is 11.1. The van der Waals surface area contributed by atoms with Gasteiger partial charge in [-0.1, -0.05) is 12.1 Å². The Morgan fingerprint density at radius 2 is 1.74 bits per heavy atom. The van der Waals surface area contributed by atoms with E-state index in [0.717, 1.165) is 43.2 Å². The van der Waals surface area contributed by atoms with Gasteiger partial charge in [-0.3, -0.25) is 0 Å². The highest BCUT2D eigenvalue weighted by molar-refractivity contribution is 5.77. The summed E-state index contributed by atoms with van der Waals surface area (Å²) >= 11 is 0. The van der Waals surface area contributed by atoms with Crippen LogP contribution in [0, 0.1) is 5.82 Å². The zero-order chi connectivity index (χ0) is 16.2. The van der Waals surface area contributed by atoms with Crippen molar-refractivity contribution in [2.75, 3.05) is 25.2 Å². The highest BCUT2D eigenvalue weighted by Gasteiger charge is 2.21. The second-order valence-corrected chi connectivity index (χ2v) is 5.58. The minimum atomic E-state index is -0.256. The Bertz CT molecular complexity index is 671. The van der Waals surface area contributed by atoms with Gasteiger partial charge in [-0.15, -0.1) is 0 Å². The summed E-state index contributed by atoms with van der Waals surface area (Å²) in [6.07, 6.45) is 1.55. The van der Waals surface area contributed by atoms with Gasteiger partial charge in [-0.05, 0) is 37.1 Å². The number of hydrogen-bond donors (Lipinski definition) is 1. The molecule has 2 aromatic rings. The number of halogens is 1. The van der Waals surface area contributed by atoms with Gasteiger partial charge in [-0.25, -0.2) is 4.39 Å². The fourth-order valence-corrected chi connectivity index (χ4v) is 2.59. The zero-order valence-electron chi connectivity index (χ0n) is 13.0. The van der Waals surface area contributed by atoms with Crippen molar-refractivity contribution < 1.29 is 19.0 Å². The van der Waals surface area contributed by atoms with Crippen LogP contribution in [0.3, 0.4) is 0 Å². The van der Waals surface area contributed by atoms with E-state index in [4.69, 9.17) is 14.6 Å². The number of fused-ring (bicyclic) bond motifs is 2. The molecule has 0 amide bonds. The lowest BCUT2D eigenvalue weighted by Crippen LogP contribution is -2.19. The number of aliphatic hydroxyl groups excluding tert-OH is 1. The van der Waals surface area contributed by atoms with E-state index in [1.165, 1.54) is 12.1 Å². The monoisotopic (exact) mass is 317 g/mol. The lowest BCUT2D eigenvalue weighted by molar-refractivity contribution is 0.0140. The van der Waals surface area contributed by atoms with E-state index in [1.54, 1.807) is 6.07 Å². The Morgan fingerprint density at radius 3 is 2.43 bits per heavy atom. The highest BCUT2D eigenvalue weighted by atomic mass is 19.1. The first kappa shape index (κ1) is 15.8. The fourth-order valence-electron chi connectivity index (χ4n) is 2.59. The molecule has 2 aliphatic rings. The molecule has 0 bridgehead atoms. The number of para-hydroxylation sites is 2. The molecule has 0 spiro atoms. The van der Waals surface area contributed by atoms with Crippen LogP contribution in [-0.2, 0) is 4.74 Å². The number of rotatable bonds is 0. The second-order valence-electron chi connectivity index (χ2n) is 5.58. The van der Waals surface area contributed by atoms with Crippen LogP contribution in [-0.4, -0.2) is 31.5 Å². The van der Waals surface area contributed by atoms with Gasteiger partial charge in [0.05, 0.1) is 17.5 Å². The average molecular weight is 317 g/mol. The molecule has 122 valence electrons. The smallest absolute Gasteiger partial charge is 0.151 e. The molecule has 5 heteroatoms. The molecule has 2 heterocycles. The molecule has 23 heavy (non-hydrogen) atoms. The topological polar surface area (TPSA) is 41.9 Å². The summed E-state index contributed by atoms with van der Waals surface area (Å²) < 4.78 is 23.8. The summed E-state index contributed by atoms with van der Waals surface area (Å²) in [5.74, 6) is 1.22. The van der Waals surface area contributed by atoms with Crippen molar-refractivity contribution >= 4 is 11.4 Å². The molecule has 0 radical (unpaired) electrons. The van der Waals surface area contributed by atoms with Crippen LogP contribution < -0.4 is 9.64 Å². The zero-order valence-corrected chi connectivity index (χ0v) is 13.0. The largest absolute Gasteiger partial charge is 0.453 e. The lowest BCUT2D eigenvalue weighted by atomic mass is 10.2. The van der Waals surface area contributed by atoms with Crippen LogP contribution in [0.5, 0.6) is 11.5 Å². The van der Waals surface area contributed by atoms with E-state index >= 15 is 0 Å². The van der Waals surface area contributed by atoms with Gasteiger partial charge in [0.15, 0.2) is 11.5 Å². The molecular formula is C18H20FNO3. The molecule has 0 aromatic heterocycles. The quantitative estimate of drug-likeness (QED) is 0.801. The summed E-state index contributed by atoms with van der Waals surface area (Å²) in [6, 6.07) is 12.2. The van der Waals surface area contributed by atoms with E-state index in [9.17, 15) is 4.39 Å². The van der Waals surface area contributed by atoms with Crippen LogP contribution in [0.15, 0.2) is 42.5 Å². The van der Waals surface area contributed by atoms with Gasteiger partial charge in [0, 0.05) is 26.3 Å². The molecule has 4 nitrogen and oxygen atoms in total. The third-order valence-corrected chi connectivity index (χ3v) is 3.92. The normalized spacial score (nSPS) is 16.6. The molecule has 0 unspecified atom stereocenters. The summed E-state index contributed by atoms with van der Waals surface area (Å²) in [5.41, 5.74) is 1.69. The number of nitrogens with zero attached hydrogens (tertiary/aromatic N) is 1. The predicted molar refractivity (Wildman–Crippen MR) is 87.0 cm³/mol. The summed E-state index contributed by atoms with van der Waals surface area (Å²) in [4.78, 5) is 1.93. The van der Waals surface area contributed by atoms with Crippen LogP contribution in [0.2, 0.25) is 0 Å². The summed E-state index contributed by atoms with van der Waals surface area (Å²) in [5, 5.41) is 8.83.